The van der Waals surface area contributed by atoms with Crippen molar-refractivity contribution in [1.82, 2.24) is 0 Å². The number of rotatable bonds is 6. The standard InChI is InChI=1S/C19H24NO2.BrH/c1-20(2,3)14-15-22-19(21)18(16-10-6-4-7-11-16)17-12-8-5-9-13-17;/h4-13,18H,14-15H2,1-3H3;1H/q+1;/p-1. The van der Waals surface area contributed by atoms with E-state index in [1.165, 1.54) is 0 Å². The lowest BCUT2D eigenvalue weighted by molar-refractivity contribution is -0.870. The van der Waals surface area contributed by atoms with Crippen molar-refractivity contribution in [3.8, 4) is 0 Å². The predicted molar refractivity (Wildman–Crippen MR) is 88.6 cm³/mol. The average Bonchev–Trinajstić information content (AvgIpc) is 2.48. The molecule has 124 valence electrons. The smallest absolute Gasteiger partial charge is 0.318 e. The molecule has 2 aromatic rings. The van der Waals surface area contributed by atoms with Crippen LogP contribution in [0.3, 0.4) is 0 Å². The predicted octanol–water partition coefficient (Wildman–Crippen LogP) is 0.0719. The van der Waals surface area contributed by atoms with E-state index in [1.54, 1.807) is 0 Å². The van der Waals surface area contributed by atoms with Crippen LogP contribution in [-0.2, 0) is 9.53 Å². The number of carbonyl (C=O) groups excluding carboxylic acids is 1. The zero-order valence-electron chi connectivity index (χ0n) is 13.9. The summed E-state index contributed by atoms with van der Waals surface area (Å²) >= 11 is 0. The number of halogens is 1. The maximum absolute atomic E-state index is 12.6. The first-order chi connectivity index (χ1) is 10.5. The van der Waals surface area contributed by atoms with E-state index >= 15 is 0 Å². The molecule has 0 saturated heterocycles. The fourth-order valence-corrected chi connectivity index (χ4v) is 2.26. The Morgan fingerprint density at radius 2 is 1.35 bits per heavy atom. The summed E-state index contributed by atoms with van der Waals surface area (Å²) in [5.74, 6) is -0.555. The number of hydrogen-bond acceptors (Lipinski definition) is 2. The van der Waals surface area contributed by atoms with Crippen molar-refractivity contribution in [2.45, 2.75) is 5.92 Å². The van der Waals surface area contributed by atoms with Gasteiger partial charge in [-0.05, 0) is 11.1 Å². The molecule has 0 saturated carbocycles. The third-order valence-electron chi connectivity index (χ3n) is 3.51. The monoisotopic (exact) mass is 377 g/mol. The van der Waals surface area contributed by atoms with Crippen molar-refractivity contribution in [1.29, 1.82) is 0 Å². The van der Waals surface area contributed by atoms with Gasteiger partial charge in [0.1, 0.15) is 19.1 Å². The molecule has 0 aromatic heterocycles. The molecule has 3 nitrogen and oxygen atoms in total. The fraction of sp³-hybridized carbons (Fsp3) is 0.316. The highest BCUT2D eigenvalue weighted by Gasteiger charge is 2.24. The molecule has 0 radical (unpaired) electrons. The third kappa shape index (κ3) is 6.16. The molecule has 0 aliphatic heterocycles. The molecule has 0 bridgehead atoms. The molecule has 0 aliphatic rings. The average molecular weight is 378 g/mol. The highest BCUT2D eigenvalue weighted by Crippen LogP contribution is 2.25. The van der Waals surface area contributed by atoms with Gasteiger partial charge in [0.15, 0.2) is 0 Å². The second-order valence-electron chi connectivity index (χ2n) is 6.44. The lowest BCUT2D eigenvalue weighted by Gasteiger charge is -2.24. The lowest BCUT2D eigenvalue weighted by Crippen LogP contribution is -3.00. The maximum Gasteiger partial charge on any atom is 0.318 e. The molecule has 0 unspecified atom stereocenters. The van der Waals surface area contributed by atoms with E-state index in [0.717, 1.165) is 22.2 Å². The van der Waals surface area contributed by atoms with Gasteiger partial charge in [0, 0.05) is 0 Å². The minimum absolute atomic E-state index is 0. The summed E-state index contributed by atoms with van der Waals surface area (Å²) in [6.07, 6.45) is 0. The van der Waals surface area contributed by atoms with Crippen LogP contribution < -0.4 is 17.0 Å². The van der Waals surface area contributed by atoms with Crippen LogP contribution in [0.25, 0.3) is 0 Å². The molecule has 4 heteroatoms. The quantitative estimate of drug-likeness (QED) is 0.526. The molecule has 2 aromatic carbocycles. The first kappa shape index (κ1) is 19.4. The Kier molecular flexibility index (Phi) is 7.46. The van der Waals surface area contributed by atoms with Gasteiger partial charge in [0.25, 0.3) is 0 Å². The van der Waals surface area contributed by atoms with E-state index in [1.807, 2.05) is 60.7 Å². The van der Waals surface area contributed by atoms with Gasteiger partial charge in [-0.15, -0.1) is 0 Å². The first-order valence-corrected chi connectivity index (χ1v) is 7.54. The third-order valence-corrected chi connectivity index (χ3v) is 3.51. The van der Waals surface area contributed by atoms with E-state index < -0.39 is 0 Å². The Balaban J connectivity index is 0.00000264. The number of hydrogen-bond donors (Lipinski definition) is 0. The van der Waals surface area contributed by atoms with Crippen LogP contribution in [0.4, 0.5) is 0 Å². The van der Waals surface area contributed by atoms with Crippen LogP contribution in [0.1, 0.15) is 17.0 Å². The Bertz CT molecular complexity index is 554. The Labute approximate surface area is 149 Å². The van der Waals surface area contributed by atoms with Gasteiger partial charge in [-0.2, -0.15) is 0 Å². The van der Waals surface area contributed by atoms with Crippen molar-refractivity contribution in [2.75, 3.05) is 34.3 Å². The number of ether oxygens (including phenoxy) is 1. The lowest BCUT2D eigenvalue weighted by atomic mass is 9.91. The number of quaternary nitrogens is 1. The number of nitrogens with zero attached hydrogens (tertiary/aromatic N) is 1. The van der Waals surface area contributed by atoms with Crippen molar-refractivity contribution >= 4 is 5.97 Å². The maximum atomic E-state index is 12.6. The summed E-state index contributed by atoms with van der Waals surface area (Å²) in [4.78, 5) is 12.6. The van der Waals surface area contributed by atoms with Crippen LogP contribution in [0.5, 0.6) is 0 Å². The van der Waals surface area contributed by atoms with Gasteiger partial charge in [-0.3, -0.25) is 4.79 Å². The Morgan fingerprint density at radius 3 is 1.74 bits per heavy atom. The normalized spacial score (nSPS) is 11.0. The molecule has 0 atom stereocenters. The van der Waals surface area contributed by atoms with Crippen molar-refractivity contribution in [3.63, 3.8) is 0 Å². The van der Waals surface area contributed by atoms with Crippen LogP contribution in [0, 0.1) is 0 Å². The van der Waals surface area contributed by atoms with Crippen molar-refractivity contribution in [2.24, 2.45) is 0 Å². The molecular weight excluding hydrogens is 354 g/mol. The van der Waals surface area contributed by atoms with Crippen LogP contribution in [-0.4, -0.2) is 44.7 Å². The zero-order chi connectivity index (χ0) is 16.0. The highest BCUT2D eigenvalue weighted by molar-refractivity contribution is 5.82. The van der Waals surface area contributed by atoms with Gasteiger partial charge < -0.3 is 26.2 Å². The summed E-state index contributed by atoms with van der Waals surface area (Å²) < 4.78 is 6.31. The molecule has 0 amide bonds. The van der Waals surface area contributed by atoms with Crippen LogP contribution in [0.2, 0.25) is 0 Å². The zero-order valence-corrected chi connectivity index (χ0v) is 15.5. The Morgan fingerprint density at radius 1 is 0.913 bits per heavy atom. The summed E-state index contributed by atoms with van der Waals surface area (Å²) in [6, 6.07) is 19.6. The summed E-state index contributed by atoms with van der Waals surface area (Å²) in [6.45, 7) is 1.22. The van der Waals surface area contributed by atoms with Crippen LogP contribution >= 0.6 is 0 Å². The molecule has 2 rings (SSSR count). The summed E-state index contributed by atoms with van der Waals surface area (Å²) in [5.41, 5.74) is 1.92. The van der Waals surface area contributed by atoms with Gasteiger partial charge in [0.2, 0.25) is 0 Å². The van der Waals surface area contributed by atoms with Crippen LogP contribution in [0.15, 0.2) is 60.7 Å². The van der Waals surface area contributed by atoms with E-state index in [9.17, 15) is 4.79 Å². The number of esters is 1. The molecule has 0 heterocycles. The van der Waals surface area contributed by atoms with E-state index in [2.05, 4.69) is 21.1 Å². The first-order valence-electron chi connectivity index (χ1n) is 7.54. The van der Waals surface area contributed by atoms with Crippen molar-refractivity contribution in [3.05, 3.63) is 71.8 Å². The number of carbonyl (C=O) groups is 1. The van der Waals surface area contributed by atoms with Gasteiger partial charge in [-0.1, -0.05) is 60.7 Å². The molecule has 0 N–H and O–H groups in total. The van der Waals surface area contributed by atoms with E-state index in [0.29, 0.717) is 6.61 Å². The fourth-order valence-electron chi connectivity index (χ4n) is 2.26. The second-order valence-corrected chi connectivity index (χ2v) is 6.44. The van der Waals surface area contributed by atoms with Gasteiger partial charge in [-0.25, -0.2) is 0 Å². The molecule has 23 heavy (non-hydrogen) atoms. The molecule has 0 aliphatic carbocycles. The topological polar surface area (TPSA) is 26.3 Å². The van der Waals surface area contributed by atoms with Gasteiger partial charge in [0.05, 0.1) is 21.1 Å². The SMILES string of the molecule is C[N+](C)(C)CCOC(=O)C(c1ccccc1)c1ccccc1.[Br-]. The summed E-state index contributed by atoms with van der Waals surface area (Å²) in [7, 11) is 6.25. The van der Waals surface area contributed by atoms with E-state index in [4.69, 9.17) is 4.74 Å². The van der Waals surface area contributed by atoms with E-state index in [-0.39, 0.29) is 28.9 Å². The molecule has 0 spiro atoms. The second kappa shape index (κ2) is 8.85. The Hall–Kier alpha value is -1.65. The number of benzene rings is 2. The minimum Gasteiger partial charge on any atom is -1.00 e. The molecular formula is C19H24BrNO2. The molecule has 0 fully saturated rings. The van der Waals surface area contributed by atoms with Gasteiger partial charge >= 0.3 is 5.97 Å². The largest absolute Gasteiger partial charge is 1.00 e. The number of likely N-dealkylation sites (N-methyl/N-ethyl adjacent to an activating group) is 1. The summed E-state index contributed by atoms with van der Waals surface area (Å²) in [5, 5.41) is 0. The highest BCUT2D eigenvalue weighted by atomic mass is 79.9. The van der Waals surface area contributed by atoms with Crippen molar-refractivity contribution < 1.29 is 31.0 Å². The minimum atomic E-state index is -0.366.